The predicted molar refractivity (Wildman–Crippen MR) is 59.4 cm³/mol. The van der Waals surface area contributed by atoms with Gasteiger partial charge in [0.15, 0.2) is 0 Å². The van der Waals surface area contributed by atoms with Crippen molar-refractivity contribution in [3.8, 4) is 0 Å². The smallest absolute Gasteiger partial charge is 0.129 e. The van der Waals surface area contributed by atoms with E-state index in [-0.39, 0.29) is 12.1 Å². The number of methoxy groups -OCH3 is 1. The molecule has 0 bridgehead atoms. The number of ether oxygens (including phenoxy) is 1. The third-order valence-electron chi connectivity index (χ3n) is 2.76. The fourth-order valence-corrected chi connectivity index (χ4v) is 1.59. The van der Waals surface area contributed by atoms with Crippen LogP contribution in [-0.4, -0.2) is 26.3 Å². The van der Waals surface area contributed by atoms with Crippen LogP contribution < -0.4 is 5.32 Å². The molecule has 0 heterocycles. The molecule has 0 aliphatic rings. The van der Waals surface area contributed by atoms with Gasteiger partial charge in [0.25, 0.3) is 0 Å². The zero-order chi connectivity index (χ0) is 12.1. The summed E-state index contributed by atoms with van der Waals surface area (Å²) in [6.45, 7) is 1.91. The van der Waals surface area contributed by atoms with Crippen molar-refractivity contribution < 1.29 is 13.5 Å². The summed E-state index contributed by atoms with van der Waals surface area (Å²) < 4.78 is 31.3. The van der Waals surface area contributed by atoms with Crippen LogP contribution in [0.3, 0.4) is 0 Å². The van der Waals surface area contributed by atoms with Crippen LogP contribution >= 0.6 is 0 Å². The normalized spacial score (nSPS) is 14.8. The first-order valence-corrected chi connectivity index (χ1v) is 5.22. The minimum Gasteiger partial charge on any atom is -0.380 e. The van der Waals surface area contributed by atoms with Gasteiger partial charge in [0.05, 0.1) is 6.10 Å². The Morgan fingerprint density at radius 1 is 1.38 bits per heavy atom. The van der Waals surface area contributed by atoms with Gasteiger partial charge in [-0.25, -0.2) is 8.78 Å². The zero-order valence-corrected chi connectivity index (χ0v) is 9.76. The molecule has 2 unspecified atom stereocenters. The molecular weight excluding hydrogens is 212 g/mol. The molecule has 0 aliphatic heterocycles. The molecule has 0 aromatic heterocycles. The molecule has 1 aromatic carbocycles. The summed E-state index contributed by atoms with van der Waals surface area (Å²) in [5, 5.41) is 3.06. The lowest BCUT2D eigenvalue weighted by molar-refractivity contribution is 0.0854. The maximum Gasteiger partial charge on any atom is 0.129 e. The van der Waals surface area contributed by atoms with Gasteiger partial charge >= 0.3 is 0 Å². The van der Waals surface area contributed by atoms with Crippen molar-refractivity contribution in [2.24, 2.45) is 0 Å². The number of benzene rings is 1. The second kappa shape index (κ2) is 5.92. The average Bonchev–Trinajstić information content (AvgIpc) is 2.27. The van der Waals surface area contributed by atoms with Crippen LogP contribution in [0.15, 0.2) is 18.2 Å². The molecule has 0 spiro atoms. The molecule has 0 fully saturated rings. The van der Waals surface area contributed by atoms with E-state index in [0.29, 0.717) is 12.0 Å². The van der Waals surface area contributed by atoms with E-state index in [1.807, 2.05) is 6.92 Å². The molecule has 0 amide bonds. The summed E-state index contributed by atoms with van der Waals surface area (Å²) in [5.74, 6) is -1.06. The molecule has 0 saturated carbocycles. The van der Waals surface area contributed by atoms with E-state index in [4.69, 9.17) is 4.74 Å². The second-order valence-electron chi connectivity index (χ2n) is 3.78. The van der Waals surface area contributed by atoms with Crippen molar-refractivity contribution in [3.63, 3.8) is 0 Å². The van der Waals surface area contributed by atoms with Gasteiger partial charge in [-0.2, -0.15) is 0 Å². The monoisotopic (exact) mass is 229 g/mol. The van der Waals surface area contributed by atoms with Crippen LogP contribution in [0, 0.1) is 11.6 Å². The average molecular weight is 229 g/mol. The Bertz CT molecular complexity index is 344. The van der Waals surface area contributed by atoms with Crippen LogP contribution in [0.5, 0.6) is 0 Å². The molecule has 1 N–H and O–H groups in total. The largest absolute Gasteiger partial charge is 0.380 e. The molecule has 1 aromatic rings. The van der Waals surface area contributed by atoms with Crippen molar-refractivity contribution in [1.82, 2.24) is 5.32 Å². The molecule has 0 saturated heterocycles. The lowest BCUT2D eigenvalue weighted by atomic mass is 10.0. The van der Waals surface area contributed by atoms with E-state index < -0.39 is 11.6 Å². The SMILES string of the molecule is CNC(Cc1ccc(F)cc1F)C(C)OC. The first-order valence-electron chi connectivity index (χ1n) is 5.22. The van der Waals surface area contributed by atoms with Crippen molar-refractivity contribution >= 4 is 0 Å². The quantitative estimate of drug-likeness (QED) is 0.835. The lowest BCUT2D eigenvalue weighted by Gasteiger charge is -2.22. The van der Waals surface area contributed by atoms with Gasteiger partial charge in [-0.3, -0.25) is 0 Å². The van der Waals surface area contributed by atoms with Crippen LogP contribution in [-0.2, 0) is 11.2 Å². The Hall–Kier alpha value is -1.00. The second-order valence-corrected chi connectivity index (χ2v) is 3.78. The number of hydrogen-bond acceptors (Lipinski definition) is 2. The Morgan fingerprint density at radius 2 is 2.06 bits per heavy atom. The summed E-state index contributed by atoms with van der Waals surface area (Å²) in [5.41, 5.74) is 0.490. The predicted octanol–water partition coefficient (Wildman–Crippen LogP) is 2.13. The molecule has 1 rings (SSSR count). The summed E-state index contributed by atoms with van der Waals surface area (Å²) in [7, 11) is 3.40. The molecule has 2 atom stereocenters. The third-order valence-corrected chi connectivity index (χ3v) is 2.76. The molecule has 0 aliphatic carbocycles. The van der Waals surface area contributed by atoms with Gasteiger partial charge in [-0.15, -0.1) is 0 Å². The number of halogens is 2. The lowest BCUT2D eigenvalue weighted by Crippen LogP contribution is -2.39. The van der Waals surface area contributed by atoms with E-state index in [2.05, 4.69) is 5.32 Å². The van der Waals surface area contributed by atoms with Crippen LogP contribution in [0.4, 0.5) is 8.78 Å². The Labute approximate surface area is 94.6 Å². The van der Waals surface area contributed by atoms with Crippen molar-refractivity contribution in [2.45, 2.75) is 25.5 Å². The summed E-state index contributed by atoms with van der Waals surface area (Å²) in [6.07, 6.45) is 0.437. The van der Waals surface area contributed by atoms with E-state index in [9.17, 15) is 8.78 Å². The summed E-state index contributed by atoms with van der Waals surface area (Å²) in [4.78, 5) is 0. The zero-order valence-electron chi connectivity index (χ0n) is 9.76. The van der Waals surface area contributed by atoms with Crippen molar-refractivity contribution in [1.29, 1.82) is 0 Å². The fraction of sp³-hybridized carbons (Fsp3) is 0.500. The first-order chi connectivity index (χ1) is 7.58. The molecule has 4 heteroatoms. The highest BCUT2D eigenvalue weighted by Crippen LogP contribution is 2.13. The van der Waals surface area contributed by atoms with E-state index in [0.717, 1.165) is 6.07 Å². The first kappa shape index (κ1) is 13.1. The fourth-order valence-electron chi connectivity index (χ4n) is 1.59. The van der Waals surface area contributed by atoms with E-state index >= 15 is 0 Å². The van der Waals surface area contributed by atoms with Crippen LogP contribution in [0.1, 0.15) is 12.5 Å². The molecule has 0 radical (unpaired) electrons. The maximum atomic E-state index is 13.4. The van der Waals surface area contributed by atoms with E-state index in [1.165, 1.54) is 12.1 Å². The highest BCUT2D eigenvalue weighted by molar-refractivity contribution is 5.19. The van der Waals surface area contributed by atoms with Gasteiger partial charge in [0.1, 0.15) is 11.6 Å². The Kier molecular flexibility index (Phi) is 4.83. The van der Waals surface area contributed by atoms with Gasteiger partial charge in [-0.05, 0) is 32.0 Å². The van der Waals surface area contributed by atoms with E-state index in [1.54, 1.807) is 14.2 Å². The topological polar surface area (TPSA) is 21.3 Å². The number of nitrogens with one attached hydrogen (secondary N) is 1. The number of likely N-dealkylation sites (N-methyl/N-ethyl adjacent to an activating group) is 1. The minimum absolute atomic E-state index is 0.00459. The standard InChI is InChI=1S/C12H17F2NO/c1-8(16-3)12(15-2)6-9-4-5-10(13)7-11(9)14/h4-5,7-8,12,15H,6H2,1-3H3. The van der Waals surface area contributed by atoms with Gasteiger partial charge < -0.3 is 10.1 Å². The highest BCUT2D eigenvalue weighted by atomic mass is 19.1. The Balaban J connectivity index is 2.78. The summed E-state index contributed by atoms with van der Waals surface area (Å²) >= 11 is 0. The van der Waals surface area contributed by atoms with Gasteiger partial charge in [0.2, 0.25) is 0 Å². The molecule has 90 valence electrons. The van der Waals surface area contributed by atoms with Crippen molar-refractivity contribution in [2.75, 3.05) is 14.2 Å². The summed E-state index contributed by atoms with van der Waals surface area (Å²) in [6, 6.07) is 3.64. The molecule has 16 heavy (non-hydrogen) atoms. The Morgan fingerprint density at radius 3 is 2.56 bits per heavy atom. The maximum absolute atomic E-state index is 13.4. The van der Waals surface area contributed by atoms with Crippen LogP contribution in [0.25, 0.3) is 0 Å². The number of rotatable bonds is 5. The van der Waals surface area contributed by atoms with Crippen molar-refractivity contribution in [3.05, 3.63) is 35.4 Å². The molecule has 2 nitrogen and oxygen atoms in total. The minimum atomic E-state index is -0.554. The van der Waals surface area contributed by atoms with Gasteiger partial charge in [0, 0.05) is 19.2 Å². The van der Waals surface area contributed by atoms with Crippen LogP contribution in [0.2, 0.25) is 0 Å². The third kappa shape index (κ3) is 3.25. The molecular formula is C12H17F2NO. The number of hydrogen-bond donors (Lipinski definition) is 1. The highest BCUT2D eigenvalue weighted by Gasteiger charge is 2.17. The van der Waals surface area contributed by atoms with Gasteiger partial charge in [-0.1, -0.05) is 6.07 Å².